The van der Waals surface area contributed by atoms with Crippen LogP contribution in [0.3, 0.4) is 0 Å². The highest BCUT2D eigenvalue weighted by Crippen LogP contribution is 2.30. The Hall–Kier alpha value is -5.41. The first-order chi connectivity index (χ1) is 33.2. The lowest BCUT2D eigenvalue weighted by atomic mass is 10.0. The van der Waals surface area contributed by atoms with E-state index in [1.165, 1.54) is 37.4 Å². The van der Waals surface area contributed by atoms with Gasteiger partial charge in [-0.1, -0.05) is 85.3 Å². The number of fused-ring (bicyclic) bond motifs is 1. The van der Waals surface area contributed by atoms with E-state index >= 15 is 0 Å². The highest BCUT2D eigenvalue weighted by molar-refractivity contribution is 8.03. The minimum atomic E-state index is -1.63. The smallest absolute Gasteiger partial charge is 0.245 e. The average molecular weight is 988 g/mol. The molecule has 3 aromatic carbocycles. The molecule has 0 radical (unpaired) electrons. The number of H-pyrrole nitrogens is 1. The second-order valence-corrected chi connectivity index (χ2v) is 19.5. The van der Waals surface area contributed by atoms with Crippen LogP contribution in [0.4, 0.5) is 0 Å². The van der Waals surface area contributed by atoms with Crippen molar-refractivity contribution in [2.45, 2.75) is 114 Å². The fourth-order valence-electron chi connectivity index (χ4n) is 7.76. The van der Waals surface area contributed by atoms with E-state index in [-0.39, 0.29) is 23.8 Å². The number of benzene rings is 3. The van der Waals surface area contributed by atoms with E-state index < -0.39 is 72.3 Å². The number of para-hydroxylation sites is 1. The summed E-state index contributed by atoms with van der Waals surface area (Å²) in [6, 6.07) is 22.3. The number of carbonyl (C=O) groups excluding carboxylic acids is 5. The Labute approximate surface area is 412 Å². The zero-order chi connectivity index (χ0) is 49.7. The number of hydrogen-bond acceptors (Lipinski definition) is 13. The Balaban J connectivity index is 1.39. The van der Waals surface area contributed by atoms with Crippen LogP contribution in [0.15, 0.2) is 102 Å². The number of carbonyl (C=O) groups is 5. The molecule has 0 unspecified atom stereocenters. The van der Waals surface area contributed by atoms with Crippen LogP contribution in [0, 0.1) is 0 Å². The Morgan fingerprint density at radius 1 is 0.826 bits per heavy atom. The molecular weight excluding hydrogens is 919 g/mol. The number of nitrogens with two attached hydrogens (primary N) is 2. The van der Waals surface area contributed by atoms with Gasteiger partial charge >= 0.3 is 0 Å². The molecule has 0 fully saturated rings. The summed E-state index contributed by atoms with van der Waals surface area (Å²) in [6.45, 7) is 3.67. The molecule has 1 aromatic heterocycles. The van der Waals surface area contributed by atoms with Gasteiger partial charge in [0, 0.05) is 52.2 Å². The molecule has 17 nitrogen and oxygen atoms in total. The van der Waals surface area contributed by atoms with Gasteiger partial charge in [0.25, 0.3) is 0 Å². The number of aromatic amines is 1. The predicted octanol–water partition coefficient (Wildman–Crippen LogP) is 1.85. The number of rotatable bonds is 27. The molecule has 0 aliphatic carbocycles. The topological polar surface area (TPSA) is 286 Å². The van der Waals surface area contributed by atoms with Crippen LogP contribution in [0.2, 0.25) is 0 Å². The van der Waals surface area contributed by atoms with Gasteiger partial charge in [0.05, 0.1) is 24.3 Å². The third-order valence-corrected chi connectivity index (χ3v) is 14.0. The van der Waals surface area contributed by atoms with Gasteiger partial charge in [0.1, 0.15) is 18.1 Å². The van der Waals surface area contributed by atoms with Crippen molar-refractivity contribution in [2.24, 2.45) is 11.5 Å². The average Bonchev–Trinajstić information content (AvgIpc) is 3.75. The largest absolute Gasteiger partial charge is 0.391 e. The van der Waals surface area contributed by atoms with Crippen LogP contribution < -0.4 is 43.4 Å². The van der Waals surface area contributed by atoms with Gasteiger partial charge in [-0.15, -0.1) is 11.8 Å². The van der Waals surface area contributed by atoms with Gasteiger partial charge < -0.3 is 63.7 Å². The first kappa shape index (κ1) is 54.5. The maximum atomic E-state index is 14.2. The molecule has 5 amide bonds. The number of nitrogens with one attached hydrogen (secondary N) is 7. The number of aromatic nitrogens is 1. The lowest BCUT2D eigenvalue weighted by molar-refractivity contribution is -0.135. The molecule has 14 N–H and O–H groups in total. The molecule has 1 aliphatic rings. The van der Waals surface area contributed by atoms with Crippen molar-refractivity contribution >= 4 is 64.0 Å². The molecule has 0 bridgehead atoms. The molecule has 5 rings (SSSR count). The second-order valence-electron chi connectivity index (χ2n) is 17.3. The standard InChI is InChI=1S/C50H69N9O8S2/c1-31(60)44(58-43(62)20-10-5-13-23-51)50(67)57-40(49(66)59-46(63)32(2)61)29-68-25-22-42-45(53-24-21-35-28-54-38-19-12-11-18-36(35)38)39(27-34-16-8-4-9-17-34)55-48(65)41(30-69-42)56-47(64)37(52)26-33-14-6-3-7-15-33/h3-4,6-9,11-12,14-19,28,31-32,37,39-41,44,46,53-54,60-61,63H,5,10,13,20-27,29-30,51-52H2,1-2H3,(H,55,65)(H,56,64)(H,57,67)(H,58,62)(H,59,66)/b45-42+/t31-,32-,37-,39+,40+,41+,44+,46-/m1/s1. The molecule has 4 aromatic rings. The molecular formula is C50H69N9O8S2. The second kappa shape index (κ2) is 28.3. The number of amides is 5. The molecule has 0 saturated heterocycles. The van der Waals surface area contributed by atoms with Gasteiger partial charge in [-0.3, -0.25) is 24.0 Å². The van der Waals surface area contributed by atoms with Gasteiger partial charge in [0.2, 0.25) is 29.5 Å². The van der Waals surface area contributed by atoms with Crippen molar-refractivity contribution < 1.29 is 39.3 Å². The van der Waals surface area contributed by atoms with Gasteiger partial charge in [-0.25, -0.2) is 0 Å². The maximum absolute atomic E-state index is 14.2. The van der Waals surface area contributed by atoms with E-state index in [0.29, 0.717) is 50.9 Å². The summed E-state index contributed by atoms with van der Waals surface area (Å²) in [5.41, 5.74) is 16.8. The van der Waals surface area contributed by atoms with E-state index in [1.807, 2.05) is 85.1 Å². The van der Waals surface area contributed by atoms with Crippen LogP contribution in [0.5, 0.6) is 0 Å². The fourth-order valence-corrected chi connectivity index (χ4v) is 10.1. The summed E-state index contributed by atoms with van der Waals surface area (Å²) in [4.78, 5) is 71.9. The molecule has 69 heavy (non-hydrogen) atoms. The van der Waals surface area contributed by atoms with Crippen molar-refractivity contribution in [2.75, 3.05) is 30.3 Å². The van der Waals surface area contributed by atoms with Crippen LogP contribution >= 0.6 is 23.5 Å². The van der Waals surface area contributed by atoms with Crippen molar-refractivity contribution in [3.05, 3.63) is 118 Å². The molecule has 8 atom stereocenters. The summed E-state index contributed by atoms with van der Waals surface area (Å²) in [7, 11) is 0. The molecule has 19 heteroatoms. The molecule has 0 saturated carbocycles. The SMILES string of the molecule is C[C@@H](O)[C@H](NC(=O)CCCCCN)C(=O)N[C@@H](CSCC/C1=C(\NCCc2c[nH]c3ccccc23)[C@H](Cc2ccccc2)NC(=O)[C@@H](NC(=O)[C@H](N)Cc2ccccc2)CS1)C(=O)N[C@H](O)[C@@H](C)O. The first-order valence-corrected chi connectivity index (χ1v) is 25.7. The fraction of sp³-hybridized carbons (Fsp3) is 0.460. The van der Waals surface area contributed by atoms with Crippen LogP contribution in [0.25, 0.3) is 10.9 Å². The normalized spacial score (nSPS) is 18.9. The Morgan fingerprint density at radius 2 is 1.52 bits per heavy atom. The predicted molar refractivity (Wildman–Crippen MR) is 272 cm³/mol. The summed E-state index contributed by atoms with van der Waals surface area (Å²) < 4.78 is 0. The molecule has 374 valence electrons. The summed E-state index contributed by atoms with van der Waals surface area (Å²) in [5.74, 6) is -2.22. The van der Waals surface area contributed by atoms with Gasteiger partial charge in [-0.2, -0.15) is 11.8 Å². The number of aliphatic hydroxyl groups excluding tert-OH is 3. The van der Waals surface area contributed by atoms with Crippen molar-refractivity contribution in [1.82, 2.24) is 36.9 Å². The van der Waals surface area contributed by atoms with Gasteiger partial charge in [-0.05, 0) is 87.4 Å². The highest BCUT2D eigenvalue weighted by atomic mass is 32.2. The van der Waals surface area contributed by atoms with E-state index in [4.69, 9.17) is 11.5 Å². The van der Waals surface area contributed by atoms with Crippen LogP contribution in [0.1, 0.15) is 62.6 Å². The molecule has 1 aliphatic heterocycles. The molecule has 0 spiro atoms. The number of hydrogen-bond donors (Lipinski definition) is 12. The Kier molecular flexibility index (Phi) is 22.4. The van der Waals surface area contributed by atoms with E-state index in [9.17, 15) is 39.3 Å². The van der Waals surface area contributed by atoms with Crippen LogP contribution in [-0.4, -0.2) is 129 Å². The maximum Gasteiger partial charge on any atom is 0.245 e. The first-order valence-electron chi connectivity index (χ1n) is 23.5. The van der Waals surface area contributed by atoms with E-state index in [1.54, 1.807) is 0 Å². The monoisotopic (exact) mass is 987 g/mol. The lowest BCUT2D eigenvalue weighted by Crippen LogP contribution is -2.59. The number of allylic oxidation sites excluding steroid dienone is 1. The van der Waals surface area contributed by atoms with Crippen LogP contribution in [-0.2, 0) is 43.2 Å². The van der Waals surface area contributed by atoms with Crippen molar-refractivity contribution in [3.63, 3.8) is 0 Å². The Bertz CT molecular complexity index is 2300. The quantitative estimate of drug-likeness (QED) is 0.0301. The summed E-state index contributed by atoms with van der Waals surface area (Å²) in [5, 5.41) is 49.4. The Morgan fingerprint density at radius 3 is 2.22 bits per heavy atom. The van der Waals surface area contributed by atoms with Crippen molar-refractivity contribution in [3.8, 4) is 0 Å². The minimum absolute atomic E-state index is 0.00705. The van der Waals surface area contributed by atoms with E-state index in [2.05, 4.69) is 43.0 Å². The highest BCUT2D eigenvalue weighted by Gasteiger charge is 2.33. The number of unbranched alkanes of at least 4 members (excludes halogenated alkanes) is 2. The minimum Gasteiger partial charge on any atom is -0.391 e. The van der Waals surface area contributed by atoms with Crippen molar-refractivity contribution in [1.29, 1.82) is 0 Å². The summed E-state index contributed by atoms with van der Waals surface area (Å²) >= 11 is 2.78. The van der Waals surface area contributed by atoms with Gasteiger partial charge in [0.15, 0.2) is 6.23 Å². The van der Waals surface area contributed by atoms with E-state index in [0.717, 1.165) is 51.0 Å². The molecule has 2 heterocycles. The zero-order valence-electron chi connectivity index (χ0n) is 39.3. The summed E-state index contributed by atoms with van der Waals surface area (Å²) in [6.07, 6.45) is 1.71. The lowest BCUT2D eigenvalue weighted by Gasteiger charge is -2.32. The third kappa shape index (κ3) is 17.5. The zero-order valence-corrected chi connectivity index (χ0v) is 41.0. The number of thioether (sulfide) groups is 2. The number of aliphatic hydroxyl groups is 3. The third-order valence-electron chi connectivity index (χ3n) is 11.7.